The smallest absolute Gasteiger partial charge is 0.316 e. The van der Waals surface area contributed by atoms with Gasteiger partial charge in [0.05, 0.1) is 5.41 Å². The molecule has 0 aromatic heterocycles. The molecule has 6 heteroatoms. The fourth-order valence-electron chi connectivity index (χ4n) is 2.44. The quantitative estimate of drug-likeness (QED) is 0.846. The van der Waals surface area contributed by atoms with Crippen LogP contribution in [0.1, 0.15) is 19.4 Å². The fourth-order valence-corrected chi connectivity index (χ4v) is 2.44. The van der Waals surface area contributed by atoms with Gasteiger partial charge < -0.3 is 14.9 Å². The first-order valence-corrected chi connectivity index (χ1v) is 7.12. The number of carboxylic acids is 1. The Hall–Kier alpha value is -2.37. The van der Waals surface area contributed by atoms with E-state index in [1.54, 1.807) is 45.2 Å². The van der Waals surface area contributed by atoms with E-state index in [4.69, 9.17) is 0 Å². The van der Waals surface area contributed by atoms with Crippen molar-refractivity contribution >= 4 is 23.5 Å². The van der Waals surface area contributed by atoms with Crippen LogP contribution in [0.4, 0.5) is 5.69 Å². The molecule has 0 atom stereocenters. The van der Waals surface area contributed by atoms with Gasteiger partial charge in [0.15, 0.2) is 0 Å². The van der Waals surface area contributed by atoms with Gasteiger partial charge in [-0.2, -0.15) is 0 Å². The second-order valence-electron chi connectivity index (χ2n) is 6.18. The summed E-state index contributed by atoms with van der Waals surface area (Å²) < 4.78 is 0. The van der Waals surface area contributed by atoms with Crippen LogP contribution in [-0.4, -0.2) is 47.9 Å². The molecule has 1 fully saturated rings. The third-order valence-corrected chi connectivity index (χ3v) is 3.93. The number of para-hydroxylation sites is 1. The molecule has 0 aliphatic carbocycles. The lowest BCUT2D eigenvalue weighted by molar-refractivity contribution is -0.146. The number of likely N-dealkylation sites (N-methyl/N-ethyl adjacent to an activating group) is 1. The Bertz CT molecular complexity index is 624. The van der Waals surface area contributed by atoms with Gasteiger partial charge >= 0.3 is 17.8 Å². The summed E-state index contributed by atoms with van der Waals surface area (Å²) in [5.74, 6) is -2.02. The highest BCUT2D eigenvalue weighted by Crippen LogP contribution is 2.29. The van der Waals surface area contributed by atoms with Crippen LogP contribution in [-0.2, 0) is 20.8 Å². The molecule has 118 valence electrons. The summed E-state index contributed by atoms with van der Waals surface area (Å²) >= 11 is 0. The highest BCUT2D eigenvalue weighted by atomic mass is 16.4. The second kappa shape index (κ2) is 5.79. The SMILES string of the molecule is CN1CCN(c2ccccc2CC(C)(C)C(=O)O)C(=O)C1=O. The van der Waals surface area contributed by atoms with Crippen molar-refractivity contribution in [2.75, 3.05) is 25.0 Å². The number of rotatable bonds is 4. The number of nitrogens with zero attached hydrogens (tertiary/aromatic N) is 2. The van der Waals surface area contributed by atoms with E-state index in [0.29, 0.717) is 18.8 Å². The summed E-state index contributed by atoms with van der Waals surface area (Å²) in [6, 6.07) is 7.14. The Morgan fingerprint density at radius 1 is 1.18 bits per heavy atom. The number of piperazine rings is 1. The van der Waals surface area contributed by atoms with E-state index in [0.717, 1.165) is 5.56 Å². The number of carbonyl (C=O) groups is 3. The summed E-state index contributed by atoms with van der Waals surface area (Å²) in [6.07, 6.45) is 0.284. The molecular weight excluding hydrogens is 284 g/mol. The minimum atomic E-state index is -0.949. The molecular formula is C16H20N2O4. The number of carbonyl (C=O) groups excluding carboxylic acids is 2. The first kappa shape index (κ1) is 16.0. The Balaban J connectivity index is 2.35. The van der Waals surface area contributed by atoms with Gasteiger partial charge in [0.25, 0.3) is 0 Å². The largest absolute Gasteiger partial charge is 0.481 e. The Morgan fingerprint density at radius 2 is 1.82 bits per heavy atom. The van der Waals surface area contributed by atoms with Crippen molar-refractivity contribution in [2.45, 2.75) is 20.3 Å². The zero-order chi connectivity index (χ0) is 16.5. The standard InChI is InChI=1S/C16H20N2O4/c1-16(2,15(21)22)10-11-6-4-5-7-12(11)18-9-8-17(3)13(19)14(18)20/h4-7H,8-10H2,1-3H3,(H,21,22). The lowest BCUT2D eigenvalue weighted by atomic mass is 9.85. The molecule has 0 spiro atoms. The Kier molecular flexibility index (Phi) is 4.21. The number of hydrogen-bond acceptors (Lipinski definition) is 3. The van der Waals surface area contributed by atoms with Gasteiger partial charge in [-0.1, -0.05) is 18.2 Å². The maximum atomic E-state index is 12.2. The molecule has 1 saturated heterocycles. The van der Waals surface area contributed by atoms with Crippen LogP contribution in [0.25, 0.3) is 0 Å². The molecule has 6 nitrogen and oxygen atoms in total. The van der Waals surface area contributed by atoms with E-state index in [9.17, 15) is 19.5 Å². The van der Waals surface area contributed by atoms with Gasteiger partial charge in [-0.05, 0) is 31.9 Å². The monoisotopic (exact) mass is 304 g/mol. The molecule has 2 rings (SSSR count). The summed E-state index contributed by atoms with van der Waals surface area (Å²) in [4.78, 5) is 38.2. The van der Waals surface area contributed by atoms with Gasteiger partial charge in [-0.25, -0.2) is 0 Å². The van der Waals surface area contributed by atoms with Crippen molar-refractivity contribution in [1.82, 2.24) is 4.90 Å². The average molecular weight is 304 g/mol. The van der Waals surface area contributed by atoms with E-state index in [2.05, 4.69) is 0 Å². The van der Waals surface area contributed by atoms with Crippen molar-refractivity contribution in [1.29, 1.82) is 0 Å². The van der Waals surface area contributed by atoms with E-state index < -0.39 is 23.2 Å². The van der Waals surface area contributed by atoms with Crippen LogP contribution >= 0.6 is 0 Å². The van der Waals surface area contributed by atoms with Crippen LogP contribution in [0.15, 0.2) is 24.3 Å². The summed E-state index contributed by atoms with van der Waals surface area (Å²) in [5, 5.41) is 9.29. The minimum Gasteiger partial charge on any atom is -0.481 e. The van der Waals surface area contributed by atoms with E-state index in [1.165, 1.54) is 9.80 Å². The molecule has 1 N–H and O–H groups in total. The summed E-state index contributed by atoms with van der Waals surface area (Å²) in [7, 11) is 1.59. The molecule has 1 aliphatic rings. The second-order valence-corrected chi connectivity index (χ2v) is 6.18. The topological polar surface area (TPSA) is 77.9 Å². The van der Waals surface area contributed by atoms with Crippen LogP contribution in [0.2, 0.25) is 0 Å². The number of anilines is 1. The number of hydrogen-bond donors (Lipinski definition) is 1. The fraction of sp³-hybridized carbons (Fsp3) is 0.438. The Morgan fingerprint density at radius 3 is 2.45 bits per heavy atom. The van der Waals surface area contributed by atoms with Crippen molar-refractivity contribution in [2.24, 2.45) is 5.41 Å². The van der Waals surface area contributed by atoms with Crippen molar-refractivity contribution < 1.29 is 19.5 Å². The third kappa shape index (κ3) is 2.95. The first-order valence-electron chi connectivity index (χ1n) is 7.12. The van der Waals surface area contributed by atoms with E-state index in [-0.39, 0.29) is 6.42 Å². The molecule has 0 bridgehead atoms. The van der Waals surface area contributed by atoms with Crippen molar-refractivity contribution in [3.05, 3.63) is 29.8 Å². The molecule has 1 aromatic rings. The van der Waals surface area contributed by atoms with Crippen molar-refractivity contribution in [3.63, 3.8) is 0 Å². The van der Waals surface area contributed by atoms with E-state index in [1.807, 2.05) is 0 Å². The predicted octanol–water partition coefficient (Wildman–Crippen LogP) is 1.14. The summed E-state index contributed by atoms with van der Waals surface area (Å²) in [6.45, 7) is 4.15. The molecule has 1 aromatic carbocycles. The number of aliphatic carboxylic acids is 1. The maximum Gasteiger partial charge on any atom is 0.316 e. The first-order chi connectivity index (χ1) is 10.2. The highest BCUT2D eigenvalue weighted by Gasteiger charge is 2.34. The highest BCUT2D eigenvalue weighted by molar-refractivity contribution is 6.41. The van der Waals surface area contributed by atoms with Gasteiger partial charge in [0.2, 0.25) is 0 Å². The molecule has 0 radical (unpaired) electrons. The molecule has 1 aliphatic heterocycles. The molecule has 0 unspecified atom stereocenters. The number of amides is 2. The third-order valence-electron chi connectivity index (χ3n) is 3.93. The molecule has 0 saturated carbocycles. The van der Waals surface area contributed by atoms with Gasteiger partial charge in [0.1, 0.15) is 0 Å². The maximum absolute atomic E-state index is 12.2. The van der Waals surface area contributed by atoms with Gasteiger partial charge in [-0.15, -0.1) is 0 Å². The Labute approximate surface area is 129 Å². The number of benzene rings is 1. The van der Waals surface area contributed by atoms with Gasteiger partial charge in [0, 0.05) is 25.8 Å². The lowest BCUT2D eigenvalue weighted by Crippen LogP contribution is -2.53. The van der Waals surface area contributed by atoms with Crippen LogP contribution in [0.5, 0.6) is 0 Å². The zero-order valence-corrected chi connectivity index (χ0v) is 13.0. The van der Waals surface area contributed by atoms with Crippen LogP contribution < -0.4 is 4.90 Å². The molecule has 2 amide bonds. The van der Waals surface area contributed by atoms with Crippen LogP contribution in [0.3, 0.4) is 0 Å². The predicted molar refractivity (Wildman–Crippen MR) is 81.6 cm³/mol. The minimum absolute atomic E-state index is 0.284. The number of carboxylic acid groups (broad SMARTS) is 1. The van der Waals surface area contributed by atoms with E-state index >= 15 is 0 Å². The van der Waals surface area contributed by atoms with Crippen LogP contribution in [0, 0.1) is 5.41 Å². The average Bonchev–Trinajstić information content (AvgIpc) is 2.45. The molecule has 22 heavy (non-hydrogen) atoms. The molecule has 1 heterocycles. The zero-order valence-electron chi connectivity index (χ0n) is 13.0. The lowest BCUT2D eigenvalue weighted by Gasteiger charge is -2.33. The summed E-state index contributed by atoms with van der Waals surface area (Å²) in [5.41, 5.74) is 0.416. The van der Waals surface area contributed by atoms with Crippen molar-refractivity contribution in [3.8, 4) is 0 Å². The normalized spacial score (nSPS) is 16.1. The van der Waals surface area contributed by atoms with Gasteiger partial charge in [-0.3, -0.25) is 14.4 Å².